The van der Waals surface area contributed by atoms with Gasteiger partial charge >= 0.3 is 0 Å². The molecule has 0 spiro atoms. The van der Waals surface area contributed by atoms with Gasteiger partial charge < -0.3 is 18.9 Å². The zero-order chi connectivity index (χ0) is 66.8. The zero-order valence-electron chi connectivity index (χ0n) is 55.7. The second-order valence-corrected chi connectivity index (χ2v) is 34.1. The van der Waals surface area contributed by atoms with Gasteiger partial charge in [-0.3, -0.25) is 0 Å². The lowest BCUT2D eigenvalue weighted by Gasteiger charge is -2.35. The first-order chi connectivity index (χ1) is 50.4. The van der Waals surface area contributed by atoms with Crippen molar-refractivity contribution < 1.29 is 18.9 Å². The molecule has 4 aliphatic heterocycles. The highest BCUT2D eigenvalue weighted by atomic mass is 32.2. The van der Waals surface area contributed by atoms with E-state index in [4.69, 9.17) is 18.9 Å². The van der Waals surface area contributed by atoms with E-state index in [9.17, 15) is 0 Å². The Bertz CT molecular complexity index is 6210. The minimum atomic E-state index is -0.627. The molecule has 8 heteroatoms. The zero-order valence-corrected chi connectivity index (χ0v) is 59.0. The molecular weight excluding hydrogens is 1320 g/mol. The average molecular weight is 1390 g/mol. The van der Waals surface area contributed by atoms with Gasteiger partial charge in [-0.1, -0.05) is 206 Å². The van der Waals surface area contributed by atoms with Crippen LogP contribution in [-0.2, 0) is 10.8 Å². The van der Waals surface area contributed by atoms with Crippen LogP contribution in [0.1, 0.15) is 57.3 Å². The van der Waals surface area contributed by atoms with Gasteiger partial charge in [-0.05, 0) is 238 Å². The summed E-state index contributed by atoms with van der Waals surface area (Å²) < 4.78 is 26.3. The van der Waals surface area contributed by atoms with E-state index in [2.05, 4.69) is 303 Å². The summed E-state index contributed by atoms with van der Waals surface area (Å²) >= 11 is 7.89. The molecule has 16 aromatic rings. The van der Waals surface area contributed by atoms with Crippen LogP contribution in [0.25, 0.3) is 108 Å². The van der Waals surface area contributed by atoms with E-state index in [-0.39, 0.29) is 10.9 Å². The SMILES string of the molecule is c1ccc2cc3c(cc2c1)-c1ccc2ccccc2c1C3(c1ccc2cc(OCC3SC3C3CC(Oc4ccc5cc(C6(c7ccc8cc(OCC9CS9)ccc8c7)c7ccc8ccccc8c7-c7ccc8ccccc8c76)ccc5c4)S3)ccc2c1)c1ccc2cc(OC3CCS3)ccc2c1. The smallest absolute Gasteiger partial charge is 0.145 e. The van der Waals surface area contributed by atoms with Crippen LogP contribution in [0.4, 0.5) is 0 Å². The number of ether oxygens (including phenoxy) is 4. The van der Waals surface area contributed by atoms with Crippen molar-refractivity contribution in [1.29, 1.82) is 0 Å². The van der Waals surface area contributed by atoms with Crippen LogP contribution in [0, 0.1) is 0 Å². The molecule has 8 unspecified atom stereocenters. The average Bonchev–Trinajstić information content (AvgIpc) is 1.48. The van der Waals surface area contributed by atoms with E-state index in [1.165, 1.54) is 159 Å². The molecule has 2 aliphatic carbocycles. The third-order valence-corrected chi connectivity index (χ3v) is 28.1. The molecule has 4 fully saturated rings. The van der Waals surface area contributed by atoms with Crippen molar-refractivity contribution in [3.05, 3.63) is 336 Å². The Morgan fingerprint density at radius 1 is 0.333 bits per heavy atom. The number of benzene rings is 16. The van der Waals surface area contributed by atoms with Crippen LogP contribution in [0.15, 0.2) is 291 Å². The summed E-state index contributed by atoms with van der Waals surface area (Å²) in [6, 6.07) is 110. The Morgan fingerprint density at radius 2 is 0.745 bits per heavy atom. The summed E-state index contributed by atoms with van der Waals surface area (Å²) in [4.78, 5) is 0. The maximum atomic E-state index is 6.84. The van der Waals surface area contributed by atoms with E-state index in [1.54, 1.807) is 0 Å². The van der Waals surface area contributed by atoms with Gasteiger partial charge in [0.05, 0.1) is 16.1 Å². The maximum absolute atomic E-state index is 6.84. The quantitative estimate of drug-likeness (QED) is 0.0940. The predicted octanol–water partition coefficient (Wildman–Crippen LogP) is 23.7. The van der Waals surface area contributed by atoms with Gasteiger partial charge in [0, 0.05) is 40.1 Å². The van der Waals surface area contributed by atoms with E-state index in [0.717, 1.165) is 48.2 Å². The van der Waals surface area contributed by atoms with Crippen molar-refractivity contribution in [3.63, 3.8) is 0 Å². The largest absolute Gasteiger partial charge is 0.492 e. The Kier molecular flexibility index (Phi) is 13.7. The molecule has 0 radical (unpaired) electrons. The number of rotatable bonds is 15. The summed E-state index contributed by atoms with van der Waals surface area (Å²) in [6.07, 6.45) is 2.12. The Balaban J connectivity index is 0.528. The van der Waals surface area contributed by atoms with Crippen LogP contribution in [0.3, 0.4) is 0 Å². The fraction of sp³-hybridized carbons (Fsp3) is 0.149. The van der Waals surface area contributed by atoms with Gasteiger partial charge in [-0.2, -0.15) is 11.8 Å². The molecule has 0 aromatic heterocycles. The minimum Gasteiger partial charge on any atom is -0.492 e. The summed E-state index contributed by atoms with van der Waals surface area (Å²) in [6.45, 7) is 1.44. The van der Waals surface area contributed by atoms with Crippen molar-refractivity contribution in [2.75, 3.05) is 24.7 Å². The summed E-state index contributed by atoms with van der Waals surface area (Å²) in [7, 11) is 0. The Hall–Kier alpha value is -9.80. The highest BCUT2D eigenvalue weighted by Crippen LogP contribution is 2.63. The third kappa shape index (κ3) is 9.55. The van der Waals surface area contributed by atoms with Crippen LogP contribution in [0.2, 0.25) is 0 Å². The fourth-order valence-electron chi connectivity index (χ4n) is 17.8. The lowest BCUT2D eigenvalue weighted by Crippen LogP contribution is -2.35. The van der Waals surface area contributed by atoms with Crippen LogP contribution >= 0.6 is 47.0 Å². The van der Waals surface area contributed by atoms with Crippen LogP contribution < -0.4 is 18.9 Å². The molecular formula is C94H66O4S4. The molecule has 0 bridgehead atoms. The van der Waals surface area contributed by atoms with E-state index in [1.807, 2.05) is 35.3 Å². The van der Waals surface area contributed by atoms with E-state index < -0.39 is 10.8 Å². The molecule has 6 aliphatic rings. The maximum Gasteiger partial charge on any atom is 0.145 e. The molecule has 102 heavy (non-hydrogen) atoms. The lowest BCUT2D eigenvalue weighted by molar-refractivity contribution is 0.254. The van der Waals surface area contributed by atoms with Gasteiger partial charge in [0.15, 0.2) is 0 Å². The normalized spacial score (nSPS) is 22.0. The fourth-order valence-corrected chi connectivity index (χ4v) is 21.5. The number of fused-ring (bicyclic) bond motifs is 17. The number of hydrogen-bond acceptors (Lipinski definition) is 8. The highest BCUT2D eigenvalue weighted by molar-refractivity contribution is 8.10. The number of thioether (sulfide) groups is 4. The highest BCUT2D eigenvalue weighted by Gasteiger charge is 2.52. The molecule has 22 rings (SSSR count). The second kappa shape index (κ2) is 23.4. The molecule has 0 N–H and O–H groups in total. The first-order valence-electron chi connectivity index (χ1n) is 35.8. The molecule has 4 heterocycles. The monoisotopic (exact) mass is 1390 g/mol. The first-order valence-corrected chi connectivity index (χ1v) is 39.8. The van der Waals surface area contributed by atoms with Crippen molar-refractivity contribution in [1.82, 2.24) is 0 Å². The molecule has 4 saturated heterocycles. The van der Waals surface area contributed by atoms with Gasteiger partial charge in [-0.15, -0.1) is 35.3 Å². The van der Waals surface area contributed by atoms with Crippen molar-refractivity contribution in [2.45, 2.75) is 55.5 Å². The lowest BCUT2D eigenvalue weighted by atomic mass is 9.66. The molecule has 490 valence electrons. The van der Waals surface area contributed by atoms with Gasteiger partial charge in [0.1, 0.15) is 47.1 Å². The molecule has 16 aromatic carbocycles. The number of hydrogen-bond donors (Lipinski definition) is 0. The molecule has 4 nitrogen and oxygen atoms in total. The van der Waals surface area contributed by atoms with E-state index in [0.29, 0.717) is 27.6 Å². The molecule has 0 amide bonds. The van der Waals surface area contributed by atoms with Gasteiger partial charge in [0.25, 0.3) is 0 Å². The van der Waals surface area contributed by atoms with Crippen molar-refractivity contribution in [3.8, 4) is 45.3 Å². The summed E-state index contributed by atoms with van der Waals surface area (Å²) in [5.74, 6) is 6.05. The first kappa shape index (κ1) is 59.8. The Labute approximate surface area is 608 Å². The molecule has 8 atom stereocenters. The van der Waals surface area contributed by atoms with Crippen molar-refractivity contribution in [2.24, 2.45) is 0 Å². The summed E-state index contributed by atoms with van der Waals surface area (Å²) in [5, 5.41) is 21.7. The standard InChI is InChI=1S/C94H66O4S4/c1-2-13-59-50-84-82(49-58(59)12-1)80-36-25-56-10-4-7-15-78(56)90(80)94(84,71-31-20-66-47-74(34-23-63(66)44-71)97-87-39-40-99-87)70-30-18-65-46-73(33-22-61(65)43-70)96-53-86-92(102-86)85-51-88(101-85)98-75-35-24-62-42-69(29-19-67(62)48-75)93(68-28-17-64-45-72(32-21-60(64)41-68)95-52-76-54-100-76)83-38-27-55-9-3-6-14-77(55)89(83)81-37-26-57-11-5-8-16-79(57)91(81)93/h1-38,41-50,76,85-88,92H,39-40,51-54H2. The van der Waals surface area contributed by atoms with E-state index >= 15 is 0 Å². The Morgan fingerprint density at radius 3 is 1.29 bits per heavy atom. The third-order valence-electron chi connectivity index (χ3n) is 23.0. The molecule has 0 saturated carbocycles. The van der Waals surface area contributed by atoms with Crippen LogP contribution in [-0.4, -0.2) is 56.6 Å². The second-order valence-electron chi connectivity index (χ2n) is 28.6. The van der Waals surface area contributed by atoms with Crippen molar-refractivity contribution >= 4 is 133 Å². The topological polar surface area (TPSA) is 36.9 Å². The summed E-state index contributed by atoms with van der Waals surface area (Å²) in [5.41, 5.74) is 14.6. The van der Waals surface area contributed by atoms with Crippen LogP contribution in [0.5, 0.6) is 23.0 Å². The predicted molar refractivity (Wildman–Crippen MR) is 432 cm³/mol. The van der Waals surface area contributed by atoms with Gasteiger partial charge in [0.2, 0.25) is 0 Å². The minimum absolute atomic E-state index is 0.110. The van der Waals surface area contributed by atoms with Gasteiger partial charge in [-0.25, -0.2) is 0 Å².